The SMILES string of the molecule is Cc1cc(OCCCCC#N)c(CN2CCCC[C@H]2C(=O)O)cc1/C=C/c1cccc(-c2ccccc2)c1C#N. The van der Waals surface area contributed by atoms with Crippen LogP contribution in [0, 0.1) is 29.6 Å². The number of aryl methyl sites for hydroxylation is 1. The minimum atomic E-state index is -0.784. The van der Waals surface area contributed by atoms with Crippen molar-refractivity contribution in [2.45, 2.75) is 58.0 Å². The molecule has 0 spiro atoms. The largest absolute Gasteiger partial charge is 0.493 e. The maximum atomic E-state index is 11.9. The fraction of sp³-hybridized carbons (Fsp3) is 0.324. The Kier molecular flexibility index (Phi) is 10.1. The van der Waals surface area contributed by atoms with E-state index in [1.165, 1.54) is 0 Å². The van der Waals surface area contributed by atoms with Gasteiger partial charge >= 0.3 is 5.97 Å². The van der Waals surface area contributed by atoms with Gasteiger partial charge in [-0.1, -0.05) is 67.1 Å². The van der Waals surface area contributed by atoms with Crippen LogP contribution in [0.1, 0.15) is 66.3 Å². The predicted octanol–water partition coefficient (Wildman–Crippen LogP) is 7.22. The van der Waals surface area contributed by atoms with Crippen LogP contribution in [0.2, 0.25) is 0 Å². The molecular formula is C34H35N3O3. The third-order valence-electron chi connectivity index (χ3n) is 7.40. The first-order chi connectivity index (χ1) is 19.5. The van der Waals surface area contributed by atoms with Crippen LogP contribution in [0.3, 0.4) is 0 Å². The number of nitriles is 2. The Bertz CT molecular complexity index is 1430. The van der Waals surface area contributed by atoms with E-state index in [4.69, 9.17) is 10.00 Å². The van der Waals surface area contributed by atoms with Gasteiger partial charge in [-0.3, -0.25) is 9.69 Å². The van der Waals surface area contributed by atoms with Crippen LogP contribution in [0.15, 0.2) is 60.7 Å². The number of unbranched alkanes of at least 4 members (excludes halogenated alkanes) is 2. The zero-order valence-electron chi connectivity index (χ0n) is 23.0. The number of carboxylic acid groups (broad SMARTS) is 1. The van der Waals surface area contributed by atoms with Crippen molar-refractivity contribution in [3.63, 3.8) is 0 Å². The van der Waals surface area contributed by atoms with Crippen molar-refractivity contribution in [1.29, 1.82) is 10.5 Å². The highest BCUT2D eigenvalue weighted by atomic mass is 16.5. The summed E-state index contributed by atoms with van der Waals surface area (Å²) in [6.45, 7) is 3.75. The zero-order chi connectivity index (χ0) is 28.3. The quantitative estimate of drug-likeness (QED) is 0.206. The van der Waals surface area contributed by atoms with E-state index in [0.717, 1.165) is 71.4 Å². The molecule has 0 saturated carbocycles. The van der Waals surface area contributed by atoms with Crippen molar-refractivity contribution in [3.8, 4) is 29.0 Å². The molecule has 0 amide bonds. The Morgan fingerprint density at radius 2 is 1.85 bits per heavy atom. The number of aliphatic carboxylic acids is 1. The van der Waals surface area contributed by atoms with Crippen molar-refractivity contribution < 1.29 is 14.6 Å². The highest BCUT2D eigenvalue weighted by Crippen LogP contribution is 2.31. The molecule has 6 nitrogen and oxygen atoms in total. The summed E-state index contributed by atoms with van der Waals surface area (Å²) in [5.41, 5.74) is 6.31. The molecule has 1 aliphatic heterocycles. The molecule has 0 unspecified atom stereocenters. The van der Waals surface area contributed by atoms with Crippen LogP contribution in [0.4, 0.5) is 0 Å². The second-order valence-corrected chi connectivity index (χ2v) is 10.2. The Labute approximate surface area is 236 Å². The van der Waals surface area contributed by atoms with Crippen LogP contribution in [0.25, 0.3) is 23.3 Å². The lowest BCUT2D eigenvalue weighted by Gasteiger charge is -2.33. The number of rotatable bonds is 11. The molecule has 0 bridgehead atoms. The average molecular weight is 534 g/mol. The Morgan fingerprint density at radius 3 is 2.60 bits per heavy atom. The molecule has 1 atom stereocenters. The van der Waals surface area contributed by atoms with Gasteiger partial charge in [-0.15, -0.1) is 0 Å². The molecule has 0 aromatic heterocycles. The molecule has 0 radical (unpaired) electrons. The minimum Gasteiger partial charge on any atom is -0.493 e. The monoisotopic (exact) mass is 533 g/mol. The summed E-state index contributed by atoms with van der Waals surface area (Å²) in [5.74, 6) is -0.0293. The molecule has 0 aliphatic carbocycles. The smallest absolute Gasteiger partial charge is 0.320 e. The number of piperidine rings is 1. The summed E-state index contributed by atoms with van der Waals surface area (Å²) in [7, 11) is 0. The van der Waals surface area contributed by atoms with Crippen molar-refractivity contribution in [1.82, 2.24) is 4.90 Å². The maximum absolute atomic E-state index is 11.9. The van der Waals surface area contributed by atoms with Crippen molar-refractivity contribution >= 4 is 18.1 Å². The summed E-state index contributed by atoms with van der Waals surface area (Å²) >= 11 is 0. The van der Waals surface area contributed by atoms with Crippen molar-refractivity contribution in [2.24, 2.45) is 0 Å². The molecule has 3 aromatic rings. The second-order valence-electron chi connectivity index (χ2n) is 10.2. The third kappa shape index (κ3) is 7.17. The first kappa shape index (κ1) is 28.6. The molecule has 3 aromatic carbocycles. The molecule has 204 valence electrons. The molecule has 1 fully saturated rings. The van der Waals surface area contributed by atoms with Gasteiger partial charge in [-0.2, -0.15) is 10.5 Å². The molecule has 4 rings (SSSR count). The van der Waals surface area contributed by atoms with Gasteiger partial charge in [-0.25, -0.2) is 0 Å². The summed E-state index contributed by atoms with van der Waals surface area (Å²) < 4.78 is 6.17. The standard InChI is InChI=1S/C34H35N3O3/c1-25-21-33(40-20-9-3-7-18-35)29(24-37-19-8-6-15-32(37)34(38)39)22-28(25)17-16-27-13-10-14-30(31(27)23-36)26-11-4-2-5-12-26/h2,4-5,10-14,16-17,21-22,32H,3,6-9,15,19-20,24H2,1H3,(H,38,39)/b17-16+/t32-/m0/s1. The third-order valence-corrected chi connectivity index (χ3v) is 7.40. The highest BCUT2D eigenvalue weighted by Gasteiger charge is 2.29. The van der Waals surface area contributed by atoms with E-state index in [0.29, 0.717) is 31.6 Å². The first-order valence-electron chi connectivity index (χ1n) is 13.9. The number of benzene rings is 3. The van der Waals surface area contributed by atoms with Gasteiger partial charge < -0.3 is 9.84 Å². The lowest BCUT2D eigenvalue weighted by Crippen LogP contribution is -2.44. The van der Waals surface area contributed by atoms with E-state index in [1.807, 2.05) is 78.6 Å². The Balaban J connectivity index is 1.65. The topological polar surface area (TPSA) is 97.3 Å². The predicted molar refractivity (Wildman–Crippen MR) is 157 cm³/mol. The normalized spacial score (nSPS) is 15.4. The van der Waals surface area contributed by atoms with Crippen LogP contribution < -0.4 is 4.74 Å². The number of ether oxygens (including phenoxy) is 1. The lowest BCUT2D eigenvalue weighted by atomic mass is 9.95. The summed E-state index contributed by atoms with van der Waals surface area (Å²) in [4.78, 5) is 14.0. The number of likely N-dealkylation sites (tertiary alicyclic amines) is 1. The molecule has 1 heterocycles. The van der Waals surface area contributed by atoms with E-state index in [9.17, 15) is 15.2 Å². The summed E-state index contributed by atoms with van der Waals surface area (Å²) in [6, 6.07) is 23.9. The molecule has 1 N–H and O–H groups in total. The van der Waals surface area contributed by atoms with Gasteiger partial charge in [0.1, 0.15) is 17.9 Å². The van der Waals surface area contributed by atoms with E-state index >= 15 is 0 Å². The van der Waals surface area contributed by atoms with Crippen LogP contribution in [-0.2, 0) is 11.3 Å². The van der Waals surface area contributed by atoms with Gasteiger partial charge in [0.2, 0.25) is 0 Å². The van der Waals surface area contributed by atoms with Crippen LogP contribution in [-0.4, -0.2) is 35.2 Å². The van der Waals surface area contributed by atoms with E-state index in [-0.39, 0.29) is 0 Å². The number of carboxylic acids is 1. The van der Waals surface area contributed by atoms with Gasteiger partial charge in [0.25, 0.3) is 0 Å². The molecule has 40 heavy (non-hydrogen) atoms. The fourth-order valence-electron chi connectivity index (χ4n) is 5.22. The van der Waals surface area contributed by atoms with Crippen molar-refractivity contribution in [2.75, 3.05) is 13.2 Å². The van der Waals surface area contributed by atoms with Crippen LogP contribution >= 0.6 is 0 Å². The van der Waals surface area contributed by atoms with E-state index < -0.39 is 12.0 Å². The fourth-order valence-corrected chi connectivity index (χ4v) is 5.22. The molecule has 6 heteroatoms. The highest BCUT2D eigenvalue weighted by molar-refractivity contribution is 5.81. The van der Waals surface area contributed by atoms with Gasteiger partial charge in [0.15, 0.2) is 0 Å². The summed E-state index contributed by atoms with van der Waals surface area (Å²) in [6.07, 6.45) is 8.59. The lowest BCUT2D eigenvalue weighted by molar-refractivity contribution is -0.144. The molecule has 1 aliphatic rings. The minimum absolute atomic E-state index is 0.485. The second kappa shape index (κ2) is 14.1. The number of nitrogens with zero attached hydrogens (tertiary/aromatic N) is 3. The zero-order valence-corrected chi connectivity index (χ0v) is 23.0. The molecule has 1 saturated heterocycles. The first-order valence-corrected chi connectivity index (χ1v) is 13.9. The van der Waals surface area contributed by atoms with Crippen LogP contribution in [0.5, 0.6) is 5.75 Å². The number of hydrogen-bond acceptors (Lipinski definition) is 5. The van der Waals surface area contributed by atoms with Crippen molar-refractivity contribution in [3.05, 3.63) is 88.5 Å². The molecular weight excluding hydrogens is 498 g/mol. The van der Waals surface area contributed by atoms with E-state index in [1.54, 1.807) is 0 Å². The average Bonchev–Trinajstić information content (AvgIpc) is 2.97. The van der Waals surface area contributed by atoms with Gasteiger partial charge in [0.05, 0.1) is 18.2 Å². The number of carbonyl (C=O) groups is 1. The van der Waals surface area contributed by atoms with Gasteiger partial charge in [0, 0.05) is 24.1 Å². The summed E-state index contributed by atoms with van der Waals surface area (Å²) in [5, 5.41) is 28.6. The maximum Gasteiger partial charge on any atom is 0.320 e. The van der Waals surface area contributed by atoms with Gasteiger partial charge in [-0.05, 0) is 73.5 Å². The Hall–Kier alpha value is -4.39. The Morgan fingerprint density at radius 1 is 1.05 bits per heavy atom. The number of hydrogen-bond donors (Lipinski definition) is 1. The van der Waals surface area contributed by atoms with E-state index in [2.05, 4.69) is 18.2 Å².